The Morgan fingerprint density at radius 3 is 2.52 bits per heavy atom. The third-order valence-corrected chi connectivity index (χ3v) is 4.24. The van der Waals surface area contributed by atoms with Crippen LogP contribution in [0.2, 0.25) is 0 Å². The molecule has 3 aromatic rings. The first-order valence-corrected chi connectivity index (χ1v) is 8.98. The van der Waals surface area contributed by atoms with Crippen molar-refractivity contribution in [2.75, 3.05) is 27.9 Å². The van der Waals surface area contributed by atoms with Crippen molar-refractivity contribution in [3.63, 3.8) is 0 Å². The summed E-state index contributed by atoms with van der Waals surface area (Å²) in [6.45, 7) is 2.45. The van der Waals surface area contributed by atoms with Gasteiger partial charge in [-0.25, -0.2) is 5.43 Å². The zero-order valence-electron chi connectivity index (χ0n) is 16.7. The molecule has 0 saturated carbocycles. The summed E-state index contributed by atoms with van der Waals surface area (Å²) in [7, 11) is 4.71. The van der Waals surface area contributed by atoms with Crippen LogP contribution in [-0.4, -0.2) is 45.0 Å². The van der Waals surface area contributed by atoms with E-state index in [1.165, 1.54) is 6.21 Å². The summed E-state index contributed by atoms with van der Waals surface area (Å²) in [6.07, 6.45) is 1.53. The lowest BCUT2D eigenvalue weighted by Crippen LogP contribution is -2.17. The summed E-state index contributed by atoms with van der Waals surface area (Å²) >= 11 is 0. The van der Waals surface area contributed by atoms with Gasteiger partial charge in [0.25, 0.3) is 5.91 Å². The molecule has 29 heavy (non-hydrogen) atoms. The highest BCUT2D eigenvalue weighted by Crippen LogP contribution is 2.31. The third kappa shape index (κ3) is 4.43. The van der Waals surface area contributed by atoms with E-state index in [9.17, 15) is 4.79 Å². The van der Waals surface area contributed by atoms with Crippen LogP contribution < -0.4 is 24.4 Å². The monoisotopic (exact) mass is 397 g/mol. The molecule has 152 valence electrons. The highest BCUT2D eigenvalue weighted by Gasteiger charge is 2.13. The lowest BCUT2D eigenvalue weighted by atomic mass is 10.2. The third-order valence-electron chi connectivity index (χ3n) is 4.24. The number of fused-ring (bicyclic) bond motifs is 1. The van der Waals surface area contributed by atoms with E-state index in [0.717, 1.165) is 16.5 Å². The molecular weight excluding hydrogens is 374 g/mol. The second-order valence-corrected chi connectivity index (χ2v) is 6.02. The predicted molar refractivity (Wildman–Crippen MR) is 111 cm³/mol. The van der Waals surface area contributed by atoms with E-state index in [1.807, 2.05) is 13.0 Å². The van der Waals surface area contributed by atoms with Gasteiger partial charge in [0.15, 0.2) is 11.5 Å². The van der Waals surface area contributed by atoms with Crippen molar-refractivity contribution in [3.8, 4) is 23.0 Å². The highest BCUT2D eigenvalue weighted by molar-refractivity contribution is 6.00. The van der Waals surface area contributed by atoms with E-state index in [-0.39, 0.29) is 5.91 Å². The predicted octanol–water partition coefficient (Wildman–Crippen LogP) is 3.36. The molecule has 1 aromatic heterocycles. The zero-order chi connectivity index (χ0) is 20.8. The SMILES string of the molecule is CCOc1ccc(/C=N/NC(=O)c2cc3c(OC)cc(OC)cc3[nH]2)cc1OC. The summed E-state index contributed by atoms with van der Waals surface area (Å²) in [4.78, 5) is 15.5. The molecule has 0 aliphatic rings. The van der Waals surface area contributed by atoms with Gasteiger partial charge in [-0.2, -0.15) is 5.10 Å². The minimum Gasteiger partial charge on any atom is -0.497 e. The molecule has 0 atom stereocenters. The summed E-state index contributed by atoms with van der Waals surface area (Å²) in [5.41, 5.74) is 4.35. The molecule has 0 unspecified atom stereocenters. The summed E-state index contributed by atoms with van der Waals surface area (Å²) in [5.74, 6) is 2.11. The molecular formula is C21H23N3O5. The van der Waals surface area contributed by atoms with Crippen molar-refractivity contribution in [1.82, 2.24) is 10.4 Å². The van der Waals surface area contributed by atoms with Crippen LogP contribution in [-0.2, 0) is 0 Å². The van der Waals surface area contributed by atoms with Crippen molar-refractivity contribution in [1.29, 1.82) is 0 Å². The Morgan fingerprint density at radius 2 is 1.83 bits per heavy atom. The number of nitrogens with zero attached hydrogens (tertiary/aromatic N) is 1. The van der Waals surface area contributed by atoms with Crippen molar-refractivity contribution in [2.24, 2.45) is 5.10 Å². The number of carbonyl (C=O) groups is 1. The summed E-state index contributed by atoms with van der Waals surface area (Å²) < 4.78 is 21.4. The first-order valence-electron chi connectivity index (χ1n) is 8.98. The molecule has 1 heterocycles. The maximum atomic E-state index is 12.4. The van der Waals surface area contributed by atoms with Gasteiger partial charge in [-0.15, -0.1) is 0 Å². The molecule has 8 heteroatoms. The lowest BCUT2D eigenvalue weighted by molar-refractivity contribution is 0.0951. The van der Waals surface area contributed by atoms with Crippen molar-refractivity contribution in [3.05, 3.63) is 47.7 Å². The molecule has 8 nitrogen and oxygen atoms in total. The van der Waals surface area contributed by atoms with E-state index < -0.39 is 0 Å². The van der Waals surface area contributed by atoms with E-state index in [1.54, 1.807) is 51.7 Å². The van der Waals surface area contributed by atoms with Gasteiger partial charge in [0.2, 0.25) is 0 Å². The number of methoxy groups -OCH3 is 3. The largest absolute Gasteiger partial charge is 0.497 e. The molecule has 0 spiro atoms. The topological polar surface area (TPSA) is 94.2 Å². The maximum absolute atomic E-state index is 12.4. The van der Waals surface area contributed by atoms with Gasteiger partial charge in [-0.05, 0) is 36.8 Å². The fourth-order valence-electron chi connectivity index (χ4n) is 2.85. The zero-order valence-corrected chi connectivity index (χ0v) is 16.7. The summed E-state index contributed by atoms with van der Waals surface area (Å²) in [6, 6.07) is 10.7. The number of ether oxygens (including phenoxy) is 4. The summed E-state index contributed by atoms with van der Waals surface area (Å²) in [5, 5.41) is 4.80. The average Bonchev–Trinajstić information content (AvgIpc) is 3.18. The molecule has 2 aromatic carbocycles. The quantitative estimate of drug-likeness (QED) is 0.449. The highest BCUT2D eigenvalue weighted by atomic mass is 16.5. The molecule has 0 fully saturated rings. The maximum Gasteiger partial charge on any atom is 0.287 e. The number of hydrogen-bond donors (Lipinski definition) is 2. The Hall–Kier alpha value is -3.68. The molecule has 0 aliphatic heterocycles. The second kappa shape index (κ2) is 9.01. The second-order valence-electron chi connectivity index (χ2n) is 6.02. The number of hydrogen-bond acceptors (Lipinski definition) is 6. The van der Waals surface area contributed by atoms with Crippen LogP contribution in [0.5, 0.6) is 23.0 Å². The number of amides is 1. The Balaban J connectivity index is 1.75. The van der Waals surface area contributed by atoms with Gasteiger partial charge in [0.1, 0.15) is 17.2 Å². The molecule has 0 radical (unpaired) electrons. The number of aromatic amines is 1. The number of carbonyl (C=O) groups excluding carboxylic acids is 1. The fourth-order valence-corrected chi connectivity index (χ4v) is 2.85. The minimum absolute atomic E-state index is 0.355. The smallest absolute Gasteiger partial charge is 0.287 e. The van der Waals surface area contributed by atoms with Crippen LogP contribution in [0.1, 0.15) is 23.0 Å². The van der Waals surface area contributed by atoms with Crippen LogP contribution in [0, 0.1) is 0 Å². The number of hydrazone groups is 1. The Kier molecular flexibility index (Phi) is 6.23. The number of aromatic nitrogens is 1. The van der Waals surface area contributed by atoms with E-state index in [0.29, 0.717) is 35.3 Å². The first kappa shape index (κ1) is 20.1. The van der Waals surface area contributed by atoms with Crippen molar-refractivity contribution < 1.29 is 23.7 Å². The van der Waals surface area contributed by atoms with E-state index >= 15 is 0 Å². The molecule has 3 rings (SSSR count). The van der Waals surface area contributed by atoms with Crippen LogP contribution in [0.25, 0.3) is 10.9 Å². The molecule has 0 bridgehead atoms. The van der Waals surface area contributed by atoms with Gasteiger partial charge in [-0.1, -0.05) is 0 Å². The Labute approximate surface area is 168 Å². The van der Waals surface area contributed by atoms with Gasteiger partial charge in [0.05, 0.1) is 39.7 Å². The standard InChI is InChI=1S/C21H23N3O5/c1-5-29-18-7-6-13(8-20(18)28-4)12-22-24-21(25)17-11-15-16(23-17)9-14(26-2)10-19(15)27-3/h6-12,23H,5H2,1-4H3,(H,24,25)/b22-12+. The van der Waals surface area contributed by atoms with E-state index in [2.05, 4.69) is 15.5 Å². The van der Waals surface area contributed by atoms with Crippen molar-refractivity contribution >= 4 is 23.0 Å². The van der Waals surface area contributed by atoms with Gasteiger partial charge in [-0.3, -0.25) is 4.79 Å². The minimum atomic E-state index is -0.378. The molecule has 0 saturated heterocycles. The van der Waals surface area contributed by atoms with Gasteiger partial charge >= 0.3 is 0 Å². The lowest BCUT2D eigenvalue weighted by Gasteiger charge is -2.09. The van der Waals surface area contributed by atoms with Crippen LogP contribution in [0.3, 0.4) is 0 Å². The van der Waals surface area contributed by atoms with E-state index in [4.69, 9.17) is 18.9 Å². The van der Waals surface area contributed by atoms with Crippen molar-refractivity contribution in [2.45, 2.75) is 6.92 Å². The average molecular weight is 397 g/mol. The number of nitrogens with one attached hydrogen (secondary N) is 2. The number of benzene rings is 2. The molecule has 2 N–H and O–H groups in total. The number of H-pyrrole nitrogens is 1. The van der Waals surface area contributed by atoms with Crippen LogP contribution in [0.4, 0.5) is 0 Å². The molecule has 1 amide bonds. The van der Waals surface area contributed by atoms with Gasteiger partial charge in [0, 0.05) is 17.5 Å². The fraction of sp³-hybridized carbons (Fsp3) is 0.238. The molecule has 0 aliphatic carbocycles. The first-order chi connectivity index (χ1) is 14.1. The van der Waals surface area contributed by atoms with Crippen LogP contribution in [0.15, 0.2) is 41.5 Å². The number of rotatable bonds is 8. The Bertz CT molecular complexity index is 1040. The van der Waals surface area contributed by atoms with Crippen LogP contribution >= 0.6 is 0 Å². The normalized spacial score (nSPS) is 10.9. The van der Waals surface area contributed by atoms with Gasteiger partial charge < -0.3 is 23.9 Å². The Morgan fingerprint density at radius 1 is 1.03 bits per heavy atom.